The van der Waals surface area contributed by atoms with Gasteiger partial charge in [0.25, 0.3) is 0 Å². The van der Waals surface area contributed by atoms with Gasteiger partial charge in [-0.3, -0.25) is 4.79 Å². The van der Waals surface area contributed by atoms with Crippen molar-refractivity contribution >= 4 is 5.91 Å². The topological polar surface area (TPSA) is 38.3 Å². The quantitative estimate of drug-likeness (QED) is 0.884. The van der Waals surface area contributed by atoms with Crippen molar-refractivity contribution in [1.82, 2.24) is 5.32 Å². The second-order valence-electron chi connectivity index (χ2n) is 5.19. The molecule has 4 heteroatoms. The van der Waals surface area contributed by atoms with E-state index in [0.29, 0.717) is 12.8 Å². The molecule has 0 spiro atoms. The number of halogens is 1. The Morgan fingerprint density at radius 2 is 1.77 bits per heavy atom. The van der Waals surface area contributed by atoms with Crippen molar-refractivity contribution in [2.24, 2.45) is 0 Å². The molecule has 0 aliphatic carbocycles. The van der Waals surface area contributed by atoms with Gasteiger partial charge >= 0.3 is 0 Å². The lowest BCUT2D eigenvalue weighted by molar-refractivity contribution is -0.121. The summed E-state index contributed by atoms with van der Waals surface area (Å²) < 4.78 is 17.9. The summed E-state index contributed by atoms with van der Waals surface area (Å²) in [6, 6.07) is 13.8. The fourth-order valence-electron chi connectivity index (χ4n) is 2.20. The van der Waals surface area contributed by atoms with Gasteiger partial charge in [-0.25, -0.2) is 4.39 Å². The van der Waals surface area contributed by atoms with E-state index < -0.39 is 0 Å². The zero-order valence-electron chi connectivity index (χ0n) is 12.8. The number of hydrogen-bond acceptors (Lipinski definition) is 2. The molecular weight excluding hydrogens is 281 g/mol. The maximum Gasteiger partial charge on any atom is 0.220 e. The molecule has 1 amide bonds. The van der Waals surface area contributed by atoms with Gasteiger partial charge in [-0.05, 0) is 48.7 Å². The standard InChI is InChI=1S/C18H20FNO2/c1-13(15-6-10-17(22-2)11-7-15)20-18(21)12-5-14-3-8-16(19)9-4-14/h3-4,6-11,13H,5,12H2,1-2H3,(H,20,21). The number of methoxy groups -OCH3 is 1. The van der Waals surface area contributed by atoms with Crippen LogP contribution in [0.5, 0.6) is 5.75 Å². The van der Waals surface area contributed by atoms with Crippen molar-refractivity contribution in [2.75, 3.05) is 7.11 Å². The number of carbonyl (C=O) groups excluding carboxylic acids is 1. The van der Waals surface area contributed by atoms with E-state index in [4.69, 9.17) is 4.74 Å². The Morgan fingerprint density at radius 3 is 2.36 bits per heavy atom. The largest absolute Gasteiger partial charge is 0.497 e. The lowest BCUT2D eigenvalue weighted by Crippen LogP contribution is -2.26. The van der Waals surface area contributed by atoms with Gasteiger partial charge in [0, 0.05) is 6.42 Å². The smallest absolute Gasteiger partial charge is 0.220 e. The average molecular weight is 301 g/mol. The predicted molar refractivity (Wildman–Crippen MR) is 84.3 cm³/mol. The Kier molecular flexibility index (Phi) is 5.53. The minimum atomic E-state index is -0.263. The summed E-state index contributed by atoms with van der Waals surface area (Å²) in [7, 11) is 1.62. The number of amides is 1. The van der Waals surface area contributed by atoms with Crippen LogP contribution in [0.15, 0.2) is 48.5 Å². The Hall–Kier alpha value is -2.36. The zero-order chi connectivity index (χ0) is 15.9. The van der Waals surface area contributed by atoms with Crippen LogP contribution in [0.3, 0.4) is 0 Å². The SMILES string of the molecule is COc1ccc(C(C)NC(=O)CCc2ccc(F)cc2)cc1. The first-order valence-corrected chi connectivity index (χ1v) is 7.26. The highest BCUT2D eigenvalue weighted by Gasteiger charge is 2.09. The van der Waals surface area contributed by atoms with E-state index in [9.17, 15) is 9.18 Å². The highest BCUT2D eigenvalue weighted by molar-refractivity contribution is 5.76. The van der Waals surface area contributed by atoms with Crippen LogP contribution in [0.4, 0.5) is 4.39 Å². The molecule has 2 aromatic carbocycles. The molecule has 0 bridgehead atoms. The van der Waals surface area contributed by atoms with Crippen LogP contribution in [-0.2, 0) is 11.2 Å². The predicted octanol–water partition coefficient (Wildman–Crippen LogP) is 3.64. The third-order valence-corrected chi connectivity index (χ3v) is 3.55. The van der Waals surface area contributed by atoms with Gasteiger partial charge in [-0.15, -0.1) is 0 Å². The van der Waals surface area contributed by atoms with E-state index in [1.807, 2.05) is 31.2 Å². The average Bonchev–Trinajstić information content (AvgIpc) is 2.54. The van der Waals surface area contributed by atoms with Crippen molar-refractivity contribution in [3.8, 4) is 5.75 Å². The van der Waals surface area contributed by atoms with E-state index in [1.54, 1.807) is 19.2 Å². The van der Waals surface area contributed by atoms with Gasteiger partial charge < -0.3 is 10.1 Å². The monoisotopic (exact) mass is 301 g/mol. The van der Waals surface area contributed by atoms with Gasteiger partial charge in [-0.2, -0.15) is 0 Å². The van der Waals surface area contributed by atoms with Gasteiger partial charge in [0.1, 0.15) is 11.6 Å². The molecule has 22 heavy (non-hydrogen) atoms. The molecule has 0 aliphatic heterocycles. The fourth-order valence-corrected chi connectivity index (χ4v) is 2.20. The summed E-state index contributed by atoms with van der Waals surface area (Å²) in [5.41, 5.74) is 1.98. The molecule has 2 rings (SSSR count). The lowest BCUT2D eigenvalue weighted by Gasteiger charge is -2.15. The summed E-state index contributed by atoms with van der Waals surface area (Å²) in [5, 5.41) is 2.96. The third-order valence-electron chi connectivity index (χ3n) is 3.55. The number of rotatable bonds is 6. The number of aryl methyl sites for hydroxylation is 1. The van der Waals surface area contributed by atoms with Gasteiger partial charge in [-0.1, -0.05) is 24.3 Å². The highest BCUT2D eigenvalue weighted by atomic mass is 19.1. The molecule has 1 unspecified atom stereocenters. The Bertz CT molecular complexity index is 608. The minimum Gasteiger partial charge on any atom is -0.497 e. The van der Waals surface area contributed by atoms with E-state index in [0.717, 1.165) is 16.9 Å². The first-order chi connectivity index (χ1) is 10.6. The summed E-state index contributed by atoms with van der Waals surface area (Å²) >= 11 is 0. The number of carbonyl (C=O) groups is 1. The summed E-state index contributed by atoms with van der Waals surface area (Å²) in [4.78, 5) is 12.0. The van der Waals surface area contributed by atoms with Crippen LogP contribution >= 0.6 is 0 Å². The highest BCUT2D eigenvalue weighted by Crippen LogP contribution is 2.17. The molecule has 0 fully saturated rings. The van der Waals surface area contributed by atoms with Gasteiger partial charge in [0.15, 0.2) is 0 Å². The summed E-state index contributed by atoms with van der Waals surface area (Å²) in [5.74, 6) is 0.507. The van der Waals surface area contributed by atoms with Crippen LogP contribution in [0, 0.1) is 5.82 Å². The Balaban J connectivity index is 1.83. The van der Waals surface area contributed by atoms with E-state index in [-0.39, 0.29) is 17.8 Å². The molecule has 1 N–H and O–H groups in total. The van der Waals surface area contributed by atoms with Gasteiger partial charge in [0.05, 0.1) is 13.2 Å². The second-order valence-corrected chi connectivity index (χ2v) is 5.19. The number of ether oxygens (including phenoxy) is 1. The third kappa shape index (κ3) is 4.58. The number of hydrogen-bond donors (Lipinski definition) is 1. The minimum absolute atomic E-state index is 0.0207. The van der Waals surface area contributed by atoms with E-state index >= 15 is 0 Å². The molecule has 1 atom stereocenters. The second kappa shape index (κ2) is 7.59. The van der Waals surface area contributed by atoms with Crippen molar-refractivity contribution < 1.29 is 13.9 Å². The molecule has 0 aliphatic rings. The molecule has 0 saturated carbocycles. The zero-order valence-corrected chi connectivity index (χ0v) is 12.8. The first kappa shape index (κ1) is 16.0. The van der Waals surface area contributed by atoms with Crippen LogP contribution in [0.25, 0.3) is 0 Å². The molecule has 0 saturated heterocycles. The van der Waals surface area contributed by atoms with Crippen molar-refractivity contribution in [2.45, 2.75) is 25.8 Å². The van der Waals surface area contributed by atoms with Crippen molar-refractivity contribution in [1.29, 1.82) is 0 Å². The molecule has 0 aromatic heterocycles. The van der Waals surface area contributed by atoms with E-state index in [2.05, 4.69) is 5.32 Å². The first-order valence-electron chi connectivity index (χ1n) is 7.26. The van der Waals surface area contributed by atoms with Crippen LogP contribution in [0.1, 0.15) is 30.5 Å². The summed E-state index contributed by atoms with van der Waals surface area (Å²) in [6.07, 6.45) is 0.980. The Morgan fingerprint density at radius 1 is 1.14 bits per heavy atom. The molecule has 0 radical (unpaired) electrons. The fraction of sp³-hybridized carbons (Fsp3) is 0.278. The molecule has 2 aromatic rings. The molecule has 0 heterocycles. The van der Waals surface area contributed by atoms with E-state index in [1.165, 1.54) is 12.1 Å². The molecule has 3 nitrogen and oxygen atoms in total. The maximum absolute atomic E-state index is 12.8. The lowest BCUT2D eigenvalue weighted by atomic mass is 10.1. The normalized spacial score (nSPS) is 11.8. The summed E-state index contributed by atoms with van der Waals surface area (Å²) in [6.45, 7) is 1.94. The van der Waals surface area contributed by atoms with Crippen LogP contribution in [-0.4, -0.2) is 13.0 Å². The van der Waals surface area contributed by atoms with Crippen LogP contribution < -0.4 is 10.1 Å². The molecular formula is C18H20FNO2. The molecule has 116 valence electrons. The van der Waals surface area contributed by atoms with Crippen molar-refractivity contribution in [3.63, 3.8) is 0 Å². The number of benzene rings is 2. The van der Waals surface area contributed by atoms with Gasteiger partial charge in [0.2, 0.25) is 5.91 Å². The Labute approximate surface area is 130 Å². The maximum atomic E-state index is 12.8. The number of nitrogens with one attached hydrogen (secondary N) is 1. The van der Waals surface area contributed by atoms with Crippen LogP contribution in [0.2, 0.25) is 0 Å². The van der Waals surface area contributed by atoms with Crippen molar-refractivity contribution in [3.05, 3.63) is 65.5 Å².